The number of rotatable bonds is 7. The van der Waals surface area contributed by atoms with Crippen molar-refractivity contribution in [3.63, 3.8) is 0 Å². The SMILES string of the molecule is COCCN(CC1CN(C(=O)c2ccco2)CCO1)C(=O)c1cccc(F)c1. The fourth-order valence-corrected chi connectivity index (χ4v) is 3.10. The van der Waals surface area contributed by atoms with E-state index in [0.717, 1.165) is 0 Å². The van der Waals surface area contributed by atoms with Gasteiger partial charge in [-0.2, -0.15) is 0 Å². The lowest BCUT2D eigenvalue weighted by molar-refractivity contribution is -0.0354. The minimum Gasteiger partial charge on any atom is -0.459 e. The summed E-state index contributed by atoms with van der Waals surface area (Å²) >= 11 is 0. The van der Waals surface area contributed by atoms with Crippen LogP contribution in [-0.4, -0.2) is 74.2 Å². The molecule has 0 N–H and O–H groups in total. The molecule has 8 heteroatoms. The number of hydrogen-bond donors (Lipinski definition) is 0. The summed E-state index contributed by atoms with van der Waals surface area (Å²) in [5.74, 6) is -0.720. The van der Waals surface area contributed by atoms with Crippen molar-refractivity contribution >= 4 is 11.8 Å². The summed E-state index contributed by atoms with van der Waals surface area (Å²) in [6, 6.07) is 8.84. The lowest BCUT2D eigenvalue weighted by atomic mass is 10.1. The van der Waals surface area contributed by atoms with Crippen molar-refractivity contribution in [2.45, 2.75) is 6.10 Å². The second kappa shape index (κ2) is 9.48. The van der Waals surface area contributed by atoms with Crippen molar-refractivity contribution in [1.29, 1.82) is 0 Å². The molecule has 0 saturated carbocycles. The molecule has 0 aliphatic carbocycles. The molecule has 1 aromatic heterocycles. The molecule has 7 nitrogen and oxygen atoms in total. The first kappa shape index (κ1) is 20.0. The Balaban J connectivity index is 1.67. The molecule has 1 unspecified atom stereocenters. The van der Waals surface area contributed by atoms with Gasteiger partial charge in [-0.15, -0.1) is 0 Å². The molecule has 0 radical (unpaired) electrons. The van der Waals surface area contributed by atoms with Crippen molar-refractivity contribution in [3.05, 3.63) is 59.8 Å². The van der Waals surface area contributed by atoms with Gasteiger partial charge in [-0.1, -0.05) is 6.07 Å². The zero-order valence-corrected chi connectivity index (χ0v) is 15.7. The van der Waals surface area contributed by atoms with E-state index in [1.54, 1.807) is 35.1 Å². The van der Waals surface area contributed by atoms with E-state index in [4.69, 9.17) is 13.9 Å². The largest absolute Gasteiger partial charge is 0.459 e. The highest BCUT2D eigenvalue weighted by molar-refractivity contribution is 5.94. The summed E-state index contributed by atoms with van der Waals surface area (Å²) in [5, 5.41) is 0. The van der Waals surface area contributed by atoms with E-state index >= 15 is 0 Å². The highest BCUT2D eigenvalue weighted by atomic mass is 19.1. The molecule has 3 rings (SSSR count). The summed E-state index contributed by atoms with van der Waals surface area (Å²) in [6.07, 6.45) is 1.09. The molecular formula is C20H23FN2O5. The number of ether oxygens (including phenoxy) is 2. The Morgan fingerprint density at radius 1 is 1.32 bits per heavy atom. The molecule has 0 bridgehead atoms. The molecular weight excluding hydrogens is 367 g/mol. The molecule has 0 spiro atoms. The molecule has 1 atom stereocenters. The number of methoxy groups -OCH3 is 1. The van der Waals surface area contributed by atoms with E-state index in [1.807, 2.05) is 0 Å². The Morgan fingerprint density at radius 3 is 2.89 bits per heavy atom. The number of benzene rings is 1. The van der Waals surface area contributed by atoms with Crippen LogP contribution in [0.25, 0.3) is 0 Å². The number of nitrogens with zero attached hydrogens (tertiary/aromatic N) is 2. The van der Waals surface area contributed by atoms with Gasteiger partial charge < -0.3 is 23.7 Å². The third-order valence-electron chi connectivity index (χ3n) is 4.51. The van der Waals surface area contributed by atoms with Gasteiger partial charge in [0.25, 0.3) is 11.8 Å². The number of halogens is 1. The maximum atomic E-state index is 13.5. The smallest absolute Gasteiger partial charge is 0.289 e. The molecule has 1 aromatic carbocycles. The van der Waals surface area contributed by atoms with E-state index in [1.165, 1.54) is 24.5 Å². The molecule has 1 fully saturated rings. The van der Waals surface area contributed by atoms with Gasteiger partial charge in [0.2, 0.25) is 0 Å². The lowest BCUT2D eigenvalue weighted by Gasteiger charge is -2.35. The van der Waals surface area contributed by atoms with Crippen LogP contribution in [0, 0.1) is 5.82 Å². The van der Waals surface area contributed by atoms with Crippen LogP contribution in [0.15, 0.2) is 47.1 Å². The van der Waals surface area contributed by atoms with Crippen LogP contribution in [0.3, 0.4) is 0 Å². The van der Waals surface area contributed by atoms with Crippen LogP contribution in [0.5, 0.6) is 0 Å². The Hall–Kier alpha value is -2.71. The minimum atomic E-state index is -0.471. The van der Waals surface area contributed by atoms with Crippen LogP contribution in [0.4, 0.5) is 4.39 Å². The first-order valence-electron chi connectivity index (χ1n) is 9.06. The summed E-state index contributed by atoms with van der Waals surface area (Å²) in [5.41, 5.74) is 0.260. The van der Waals surface area contributed by atoms with Gasteiger partial charge in [-0.05, 0) is 30.3 Å². The zero-order valence-electron chi connectivity index (χ0n) is 15.7. The Kier molecular flexibility index (Phi) is 6.78. The van der Waals surface area contributed by atoms with Gasteiger partial charge in [0.05, 0.1) is 25.6 Å². The van der Waals surface area contributed by atoms with Gasteiger partial charge in [0, 0.05) is 38.9 Å². The number of carbonyl (C=O) groups excluding carboxylic acids is 2. The summed E-state index contributed by atoms with van der Waals surface area (Å²) < 4.78 is 29.5. The Labute approximate surface area is 162 Å². The fourth-order valence-electron chi connectivity index (χ4n) is 3.10. The van der Waals surface area contributed by atoms with Crippen LogP contribution < -0.4 is 0 Å². The molecule has 2 aromatic rings. The van der Waals surface area contributed by atoms with Gasteiger partial charge in [0.1, 0.15) is 5.82 Å². The van der Waals surface area contributed by atoms with Gasteiger partial charge in [0.15, 0.2) is 5.76 Å². The Bertz CT molecular complexity index is 796. The summed E-state index contributed by atoms with van der Waals surface area (Å²) in [6.45, 7) is 2.08. The monoisotopic (exact) mass is 390 g/mol. The average molecular weight is 390 g/mol. The third-order valence-corrected chi connectivity index (χ3v) is 4.51. The first-order chi connectivity index (χ1) is 13.6. The molecule has 1 saturated heterocycles. The quantitative estimate of drug-likeness (QED) is 0.724. The normalized spacial score (nSPS) is 16.8. The van der Waals surface area contributed by atoms with Crippen molar-refractivity contribution in [3.8, 4) is 0 Å². The van der Waals surface area contributed by atoms with Crippen LogP contribution >= 0.6 is 0 Å². The van der Waals surface area contributed by atoms with E-state index < -0.39 is 5.82 Å². The summed E-state index contributed by atoms with van der Waals surface area (Å²) in [4.78, 5) is 28.5. The second-order valence-corrected chi connectivity index (χ2v) is 6.48. The second-order valence-electron chi connectivity index (χ2n) is 6.48. The van der Waals surface area contributed by atoms with Crippen molar-refractivity contribution in [1.82, 2.24) is 9.80 Å². The zero-order chi connectivity index (χ0) is 19.9. The maximum absolute atomic E-state index is 13.5. The van der Waals surface area contributed by atoms with Gasteiger partial charge >= 0.3 is 0 Å². The lowest BCUT2D eigenvalue weighted by Crippen LogP contribution is -2.51. The maximum Gasteiger partial charge on any atom is 0.289 e. The fraction of sp³-hybridized carbons (Fsp3) is 0.400. The van der Waals surface area contributed by atoms with Crippen LogP contribution in [0.1, 0.15) is 20.9 Å². The predicted molar refractivity (Wildman–Crippen MR) is 98.5 cm³/mol. The van der Waals surface area contributed by atoms with E-state index in [-0.39, 0.29) is 35.8 Å². The van der Waals surface area contributed by atoms with Crippen LogP contribution in [0.2, 0.25) is 0 Å². The summed E-state index contributed by atoms with van der Waals surface area (Å²) in [7, 11) is 1.55. The number of hydrogen-bond acceptors (Lipinski definition) is 5. The number of furan rings is 1. The van der Waals surface area contributed by atoms with E-state index in [0.29, 0.717) is 32.8 Å². The minimum absolute atomic E-state index is 0.210. The molecule has 1 aliphatic rings. The van der Waals surface area contributed by atoms with E-state index in [2.05, 4.69) is 0 Å². The average Bonchev–Trinajstić information content (AvgIpc) is 3.25. The molecule has 28 heavy (non-hydrogen) atoms. The standard InChI is InChI=1S/C20H23FN2O5/c1-26-10-7-22(19(24)15-4-2-5-16(21)12-15)13-17-14-23(8-11-27-17)20(25)18-6-3-9-28-18/h2-6,9,12,17H,7-8,10-11,13-14H2,1H3. The van der Waals surface area contributed by atoms with Crippen molar-refractivity contribution in [2.24, 2.45) is 0 Å². The highest BCUT2D eigenvalue weighted by Crippen LogP contribution is 2.14. The topological polar surface area (TPSA) is 72.2 Å². The number of morpholine rings is 1. The van der Waals surface area contributed by atoms with Gasteiger partial charge in [-0.25, -0.2) is 4.39 Å². The first-order valence-corrected chi connectivity index (χ1v) is 9.06. The highest BCUT2D eigenvalue weighted by Gasteiger charge is 2.29. The molecule has 2 amide bonds. The molecule has 1 aliphatic heterocycles. The Morgan fingerprint density at radius 2 is 2.18 bits per heavy atom. The number of amides is 2. The predicted octanol–water partition coefficient (Wildman–Crippen LogP) is 2.05. The van der Waals surface area contributed by atoms with Crippen molar-refractivity contribution < 1.29 is 27.9 Å². The molecule has 150 valence electrons. The third kappa shape index (κ3) is 4.96. The molecule has 2 heterocycles. The number of carbonyl (C=O) groups is 2. The van der Waals surface area contributed by atoms with Crippen LogP contribution in [-0.2, 0) is 9.47 Å². The van der Waals surface area contributed by atoms with Crippen molar-refractivity contribution in [2.75, 3.05) is 46.5 Å². The van der Waals surface area contributed by atoms with E-state index in [9.17, 15) is 14.0 Å². The van der Waals surface area contributed by atoms with Gasteiger partial charge in [-0.3, -0.25) is 9.59 Å².